The first-order valence-electron chi connectivity index (χ1n) is 7.94. The van der Waals surface area contributed by atoms with Crippen LogP contribution in [0.3, 0.4) is 0 Å². The Bertz CT molecular complexity index is 843. The van der Waals surface area contributed by atoms with E-state index >= 15 is 0 Å². The van der Waals surface area contributed by atoms with Gasteiger partial charge in [-0.1, -0.05) is 23.8 Å². The number of ether oxygens (including phenoxy) is 2. The van der Waals surface area contributed by atoms with Crippen LogP contribution in [0.5, 0.6) is 5.75 Å². The Balaban J connectivity index is 2.28. The lowest BCUT2D eigenvalue weighted by atomic mass is 9.98. The first kappa shape index (κ1) is 18.3. The number of nitrogens with zero attached hydrogens (tertiary/aromatic N) is 1. The Morgan fingerprint density at radius 2 is 1.80 bits per heavy atom. The SMILES string of the molecule is COC(=O)/C(C#N)=C\c1cc(COc2ccc(C)cc2)c(C)cc1C. The third kappa shape index (κ3) is 4.71. The summed E-state index contributed by atoms with van der Waals surface area (Å²) < 4.78 is 10.5. The van der Waals surface area contributed by atoms with Crippen LogP contribution < -0.4 is 4.74 Å². The average molecular weight is 335 g/mol. The van der Waals surface area contributed by atoms with Crippen LogP contribution in [0.25, 0.3) is 6.08 Å². The molecule has 0 heterocycles. The Morgan fingerprint density at radius 3 is 2.40 bits per heavy atom. The maximum absolute atomic E-state index is 11.6. The first-order chi connectivity index (χ1) is 11.9. The molecule has 2 aromatic rings. The predicted molar refractivity (Wildman–Crippen MR) is 97.0 cm³/mol. The van der Waals surface area contributed by atoms with Gasteiger partial charge in [-0.3, -0.25) is 0 Å². The lowest BCUT2D eigenvalue weighted by Gasteiger charge is -2.12. The molecule has 0 radical (unpaired) electrons. The highest BCUT2D eigenvalue weighted by molar-refractivity contribution is 5.98. The number of rotatable bonds is 5. The second-order valence-electron chi connectivity index (χ2n) is 5.90. The van der Waals surface area contributed by atoms with Gasteiger partial charge in [0.2, 0.25) is 0 Å². The largest absolute Gasteiger partial charge is 0.489 e. The molecule has 4 heteroatoms. The minimum atomic E-state index is -0.639. The number of carbonyl (C=O) groups excluding carboxylic acids is 1. The van der Waals surface area contributed by atoms with Gasteiger partial charge in [0, 0.05) is 0 Å². The van der Waals surface area contributed by atoms with Gasteiger partial charge < -0.3 is 9.47 Å². The molecule has 0 fully saturated rings. The topological polar surface area (TPSA) is 59.3 Å². The molecule has 2 aromatic carbocycles. The number of nitriles is 1. The van der Waals surface area contributed by atoms with Crippen molar-refractivity contribution in [3.8, 4) is 11.8 Å². The third-order valence-electron chi connectivity index (χ3n) is 3.97. The van der Waals surface area contributed by atoms with Crippen LogP contribution in [0.2, 0.25) is 0 Å². The van der Waals surface area contributed by atoms with Crippen LogP contribution in [-0.2, 0) is 16.1 Å². The van der Waals surface area contributed by atoms with Crippen LogP contribution in [0, 0.1) is 32.1 Å². The molecule has 0 aliphatic heterocycles. The molecule has 0 saturated carbocycles. The van der Waals surface area contributed by atoms with Gasteiger partial charge in [-0.25, -0.2) is 4.79 Å². The Morgan fingerprint density at radius 1 is 1.12 bits per heavy atom. The van der Waals surface area contributed by atoms with E-state index in [0.717, 1.165) is 28.0 Å². The second kappa shape index (κ2) is 8.16. The van der Waals surface area contributed by atoms with Crippen LogP contribution in [0.1, 0.15) is 27.8 Å². The molecule has 4 nitrogen and oxygen atoms in total. The Hall–Kier alpha value is -3.06. The summed E-state index contributed by atoms with van der Waals surface area (Å²) in [5.41, 5.74) is 5.03. The van der Waals surface area contributed by atoms with E-state index in [2.05, 4.69) is 4.74 Å². The van der Waals surface area contributed by atoms with Crippen LogP contribution >= 0.6 is 0 Å². The van der Waals surface area contributed by atoms with E-state index < -0.39 is 5.97 Å². The van der Waals surface area contributed by atoms with Gasteiger partial charge in [0.15, 0.2) is 0 Å². The number of methoxy groups -OCH3 is 1. The summed E-state index contributed by atoms with van der Waals surface area (Å²) in [6.45, 7) is 6.40. The van der Waals surface area contributed by atoms with Gasteiger partial charge in [-0.05, 0) is 67.3 Å². The fourth-order valence-corrected chi connectivity index (χ4v) is 2.43. The standard InChI is InChI=1S/C21H21NO3/c1-14-5-7-20(8-6-14)25-13-19-11-17(15(2)9-16(19)3)10-18(12-22)21(23)24-4/h5-11H,13H2,1-4H3/b18-10-. The summed E-state index contributed by atoms with van der Waals surface area (Å²) in [4.78, 5) is 11.6. The fraction of sp³-hybridized carbons (Fsp3) is 0.238. The predicted octanol–water partition coefficient (Wildman–Crippen LogP) is 4.27. The number of hydrogen-bond donors (Lipinski definition) is 0. The zero-order chi connectivity index (χ0) is 18.4. The molecule has 25 heavy (non-hydrogen) atoms. The van der Waals surface area contributed by atoms with E-state index in [1.165, 1.54) is 12.7 Å². The lowest BCUT2D eigenvalue weighted by Crippen LogP contribution is -2.04. The maximum atomic E-state index is 11.6. The molecular weight excluding hydrogens is 314 g/mol. The van der Waals surface area contributed by atoms with Crippen molar-refractivity contribution < 1.29 is 14.3 Å². The normalized spacial score (nSPS) is 10.9. The van der Waals surface area contributed by atoms with Crippen molar-refractivity contribution in [3.63, 3.8) is 0 Å². The summed E-state index contributed by atoms with van der Waals surface area (Å²) in [5.74, 6) is 0.162. The molecule has 0 aromatic heterocycles. The van der Waals surface area contributed by atoms with E-state index in [4.69, 9.17) is 10.00 Å². The molecule has 0 amide bonds. The number of aryl methyl sites for hydroxylation is 3. The van der Waals surface area contributed by atoms with Crippen molar-refractivity contribution in [1.29, 1.82) is 5.26 Å². The van der Waals surface area contributed by atoms with E-state index in [1.54, 1.807) is 6.08 Å². The summed E-state index contributed by atoms with van der Waals surface area (Å²) in [5, 5.41) is 9.13. The Labute approximate surface area is 148 Å². The average Bonchev–Trinajstić information content (AvgIpc) is 2.61. The minimum absolute atomic E-state index is 0.0279. The molecule has 0 aliphatic rings. The molecule has 0 spiro atoms. The van der Waals surface area contributed by atoms with Crippen molar-refractivity contribution >= 4 is 12.0 Å². The molecule has 0 saturated heterocycles. The van der Waals surface area contributed by atoms with Gasteiger partial charge in [0.1, 0.15) is 24.0 Å². The minimum Gasteiger partial charge on any atom is -0.489 e. The van der Waals surface area contributed by atoms with Crippen molar-refractivity contribution in [1.82, 2.24) is 0 Å². The van der Waals surface area contributed by atoms with E-state index in [1.807, 2.05) is 63.2 Å². The van der Waals surface area contributed by atoms with Crippen LogP contribution in [0.15, 0.2) is 42.0 Å². The summed E-state index contributed by atoms with van der Waals surface area (Å²) >= 11 is 0. The highest BCUT2D eigenvalue weighted by atomic mass is 16.5. The van der Waals surface area contributed by atoms with Gasteiger partial charge in [-0.2, -0.15) is 5.26 Å². The molecule has 0 N–H and O–H groups in total. The summed E-state index contributed by atoms with van der Waals surface area (Å²) in [7, 11) is 1.26. The fourth-order valence-electron chi connectivity index (χ4n) is 2.43. The zero-order valence-corrected chi connectivity index (χ0v) is 14.9. The quantitative estimate of drug-likeness (QED) is 0.465. The van der Waals surface area contributed by atoms with E-state index in [0.29, 0.717) is 6.61 Å². The van der Waals surface area contributed by atoms with Crippen molar-refractivity contribution in [2.24, 2.45) is 0 Å². The van der Waals surface area contributed by atoms with Crippen molar-refractivity contribution in [2.75, 3.05) is 7.11 Å². The van der Waals surface area contributed by atoms with Gasteiger partial charge >= 0.3 is 5.97 Å². The molecule has 2 rings (SSSR count). The Kier molecular flexibility index (Phi) is 5.97. The molecule has 128 valence electrons. The van der Waals surface area contributed by atoms with Gasteiger partial charge in [0.05, 0.1) is 7.11 Å². The highest BCUT2D eigenvalue weighted by Crippen LogP contribution is 2.21. The summed E-state index contributed by atoms with van der Waals surface area (Å²) in [6.07, 6.45) is 1.55. The van der Waals surface area contributed by atoms with E-state index in [-0.39, 0.29) is 5.57 Å². The molecule has 0 bridgehead atoms. The van der Waals surface area contributed by atoms with Gasteiger partial charge in [-0.15, -0.1) is 0 Å². The van der Waals surface area contributed by atoms with Crippen LogP contribution in [0.4, 0.5) is 0 Å². The van der Waals surface area contributed by atoms with Crippen LogP contribution in [-0.4, -0.2) is 13.1 Å². The summed E-state index contributed by atoms with van der Waals surface area (Å²) in [6, 6.07) is 13.7. The smallest absolute Gasteiger partial charge is 0.348 e. The number of esters is 1. The van der Waals surface area contributed by atoms with E-state index in [9.17, 15) is 4.79 Å². The number of benzene rings is 2. The third-order valence-corrected chi connectivity index (χ3v) is 3.97. The monoisotopic (exact) mass is 335 g/mol. The molecule has 0 atom stereocenters. The maximum Gasteiger partial charge on any atom is 0.348 e. The first-order valence-corrected chi connectivity index (χ1v) is 7.94. The highest BCUT2D eigenvalue weighted by Gasteiger charge is 2.11. The molecular formula is C21H21NO3. The number of carbonyl (C=O) groups is 1. The zero-order valence-electron chi connectivity index (χ0n) is 14.9. The van der Waals surface area contributed by atoms with Crippen molar-refractivity contribution in [2.45, 2.75) is 27.4 Å². The second-order valence-corrected chi connectivity index (χ2v) is 5.90. The van der Waals surface area contributed by atoms with Crippen molar-refractivity contribution in [3.05, 3.63) is 69.8 Å². The lowest BCUT2D eigenvalue weighted by molar-refractivity contribution is -0.135. The number of hydrogen-bond acceptors (Lipinski definition) is 4. The molecule has 0 unspecified atom stereocenters. The molecule has 0 aliphatic carbocycles. The van der Waals surface area contributed by atoms with Gasteiger partial charge in [0.25, 0.3) is 0 Å².